The zero-order valence-electron chi connectivity index (χ0n) is 72.7. The predicted octanol–water partition coefficient (Wildman–Crippen LogP) is -11.0. The Balaban J connectivity index is 6.66. The van der Waals surface area contributed by atoms with Crippen molar-refractivity contribution in [3.05, 3.63) is 0 Å². The van der Waals surface area contributed by atoms with E-state index in [0.717, 1.165) is 20.8 Å². The monoisotopic (exact) mass is 1830 g/mol. The van der Waals surface area contributed by atoms with Gasteiger partial charge in [0.2, 0.25) is 106 Å². The van der Waals surface area contributed by atoms with Crippen LogP contribution in [0.4, 0.5) is 0 Å². The molecule has 0 heterocycles. The molecular weight excluding hydrogens is 1710 g/mol. The summed E-state index contributed by atoms with van der Waals surface area (Å²) >= 11 is 1.19. The Morgan fingerprint density at radius 2 is 0.630 bits per heavy atom. The number of unbranched alkanes of at least 4 members (excludes halogenated alkanes) is 1. The lowest BCUT2D eigenvalue weighted by atomic mass is 9.96. The summed E-state index contributed by atoms with van der Waals surface area (Å²) in [4.78, 5) is 303. The zero-order valence-corrected chi connectivity index (χ0v) is 73.5. The summed E-state index contributed by atoms with van der Waals surface area (Å²) in [7, 11) is 0. The van der Waals surface area contributed by atoms with Crippen LogP contribution in [0, 0.1) is 23.7 Å². The fourth-order valence-electron chi connectivity index (χ4n) is 11.4. The van der Waals surface area contributed by atoms with Crippen LogP contribution in [0.5, 0.6) is 0 Å². The minimum atomic E-state index is -2.19. The maximum Gasteiger partial charge on any atom is 0.322 e. The number of carbonyl (C=O) groups is 23. The van der Waals surface area contributed by atoms with Crippen molar-refractivity contribution in [2.24, 2.45) is 35.1 Å². The van der Waals surface area contributed by atoms with Gasteiger partial charge in [-0.25, -0.2) is 0 Å². The number of rotatable bonds is 63. The third kappa shape index (κ3) is 46.7. The summed E-state index contributed by atoms with van der Waals surface area (Å²) in [6.45, 7) is 11.2. The van der Waals surface area contributed by atoms with Crippen LogP contribution in [-0.2, 0) is 110 Å². The number of nitrogens with one attached hydrogen (secondary N) is 18. The smallest absolute Gasteiger partial charge is 0.322 e. The van der Waals surface area contributed by atoms with Gasteiger partial charge in [0.05, 0.1) is 64.6 Å². The first-order valence-corrected chi connectivity index (χ1v) is 41.9. The number of hydrogen-bond donors (Lipinski definition) is 28. The molecule has 17 atom stereocenters. The van der Waals surface area contributed by atoms with E-state index in [4.69, 9.17) is 21.7 Å². The summed E-state index contributed by atoms with van der Waals surface area (Å²) in [6, 6.07) is -26.1. The molecule has 0 aliphatic carbocycles. The second-order valence-corrected chi connectivity index (χ2v) is 31.9. The van der Waals surface area contributed by atoms with Gasteiger partial charge in [-0.1, -0.05) is 61.8 Å². The van der Waals surface area contributed by atoms with Crippen LogP contribution < -0.4 is 107 Å². The Morgan fingerprint density at radius 1 is 0.315 bits per heavy atom. The van der Waals surface area contributed by atoms with E-state index in [1.54, 1.807) is 54.7 Å². The third-order valence-corrected chi connectivity index (χ3v) is 19.0. The van der Waals surface area contributed by atoms with E-state index in [9.17, 15) is 141 Å². The van der Waals surface area contributed by atoms with E-state index < -0.39 is 316 Å². The number of amides is 18. The number of thioether (sulfide) groups is 1. The molecular formula is C75H126N20O31S. The van der Waals surface area contributed by atoms with Gasteiger partial charge in [-0.05, 0) is 108 Å². The van der Waals surface area contributed by atoms with Gasteiger partial charge in [-0.15, -0.1) is 0 Å². The molecule has 0 spiro atoms. The molecule has 127 heavy (non-hydrogen) atoms. The van der Waals surface area contributed by atoms with E-state index in [0.29, 0.717) is 12.8 Å². The summed E-state index contributed by atoms with van der Waals surface area (Å²) in [5, 5.41) is 119. The van der Waals surface area contributed by atoms with E-state index in [1.807, 2.05) is 5.32 Å². The summed E-state index contributed by atoms with van der Waals surface area (Å²) in [6.07, 6.45) is -5.07. The number of carboxylic acids is 5. The van der Waals surface area contributed by atoms with Gasteiger partial charge in [-0.3, -0.25) is 110 Å². The lowest BCUT2D eigenvalue weighted by Gasteiger charge is -2.30. The third-order valence-electron chi connectivity index (χ3n) is 18.3. The molecule has 0 bridgehead atoms. The molecule has 0 aliphatic rings. The zero-order chi connectivity index (χ0) is 97.4. The summed E-state index contributed by atoms with van der Waals surface area (Å²) < 4.78 is 0. The Labute approximate surface area is 735 Å². The van der Waals surface area contributed by atoms with E-state index in [-0.39, 0.29) is 56.7 Å². The van der Waals surface area contributed by atoms with Crippen molar-refractivity contribution in [3.8, 4) is 0 Å². The molecule has 0 aromatic heterocycles. The number of aliphatic hydroxyl groups excluding tert-OH is 3. The van der Waals surface area contributed by atoms with Crippen molar-refractivity contribution in [2.45, 2.75) is 250 Å². The largest absolute Gasteiger partial charge is 0.481 e. The topological polar surface area (TPSA) is 823 Å². The molecule has 51 nitrogen and oxygen atoms in total. The Hall–Kier alpha value is -12.0. The quantitative estimate of drug-likeness (QED) is 0.0251. The highest BCUT2D eigenvalue weighted by Gasteiger charge is 2.41. The molecule has 0 saturated heterocycles. The van der Waals surface area contributed by atoms with Crippen molar-refractivity contribution < 1.29 is 151 Å². The van der Waals surface area contributed by atoms with E-state index in [1.165, 1.54) is 18.7 Å². The van der Waals surface area contributed by atoms with Gasteiger partial charge < -0.3 is 148 Å². The fourth-order valence-corrected chi connectivity index (χ4v) is 11.8. The molecule has 0 fully saturated rings. The van der Waals surface area contributed by atoms with Gasteiger partial charge in [0.25, 0.3) is 0 Å². The highest BCUT2D eigenvalue weighted by molar-refractivity contribution is 7.98. The fraction of sp³-hybridized carbons (Fsp3) is 0.693. The van der Waals surface area contributed by atoms with Gasteiger partial charge in [0.1, 0.15) is 97.2 Å². The van der Waals surface area contributed by atoms with Crippen molar-refractivity contribution in [1.82, 2.24) is 95.7 Å². The van der Waals surface area contributed by atoms with Crippen molar-refractivity contribution in [3.63, 3.8) is 0 Å². The molecule has 0 rings (SSSR count). The maximum atomic E-state index is 14.4. The Morgan fingerprint density at radius 3 is 1.02 bits per heavy atom. The van der Waals surface area contributed by atoms with Gasteiger partial charge in [-0.2, -0.15) is 11.8 Å². The number of carboxylic acid groups (broad SMARTS) is 5. The predicted molar refractivity (Wildman–Crippen MR) is 445 cm³/mol. The number of aliphatic hydroxyl groups is 3. The average molecular weight is 1840 g/mol. The van der Waals surface area contributed by atoms with Crippen LogP contribution >= 0.6 is 11.8 Å². The average Bonchev–Trinajstić information content (AvgIpc) is 0.842. The molecule has 0 aliphatic heterocycles. The van der Waals surface area contributed by atoms with Crippen LogP contribution in [-0.4, -0.2) is 332 Å². The van der Waals surface area contributed by atoms with Gasteiger partial charge in [0, 0.05) is 0 Å². The van der Waals surface area contributed by atoms with Crippen LogP contribution in [0.1, 0.15) is 153 Å². The number of nitrogens with two attached hydrogens (primary N) is 2. The first-order chi connectivity index (χ1) is 59.2. The highest BCUT2D eigenvalue weighted by atomic mass is 32.2. The molecule has 0 radical (unpaired) electrons. The normalized spacial score (nSPS) is 15.1. The van der Waals surface area contributed by atoms with E-state index >= 15 is 0 Å². The van der Waals surface area contributed by atoms with Crippen LogP contribution in [0.3, 0.4) is 0 Å². The summed E-state index contributed by atoms with van der Waals surface area (Å²) in [5.41, 5.74) is 11.0. The lowest BCUT2D eigenvalue weighted by Crippen LogP contribution is -2.62. The second-order valence-electron chi connectivity index (χ2n) is 30.9. The second kappa shape index (κ2) is 59.8. The van der Waals surface area contributed by atoms with Gasteiger partial charge in [0.15, 0.2) is 0 Å². The molecule has 30 N–H and O–H groups in total. The number of carbonyl (C=O) groups excluding carboxylic acids is 18. The Bertz CT molecular complexity index is 3820. The van der Waals surface area contributed by atoms with Crippen LogP contribution in [0.25, 0.3) is 0 Å². The molecule has 52 heteroatoms. The first kappa shape index (κ1) is 115. The Kier molecular flexibility index (Phi) is 54.1. The summed E-state index contributed by atoms with van der Waals surface area (Å²) in [5.74, 6) is -30.8. The lowest BCUT2D eigenvalue weighted by molar-refractivity contribution is -0.144. The number of hydrogen-bond acceptors (Lipinski definition) is 29. The first-order valence-electron chi connectivity index (χ1n) is 40.5. The SMILES string of the molecule is CC[C@H](C)[C@H](NC(=O)[C@H](CC(C)C)NC(=O)[C@H](CC(=O)O)NC(=O)[C@H](CC(=O)O)NC(=O)[C@H](CC(C)C)NC(=O)[C@H](C)NC(=O)[C@H](C)NC(=O)[C@H](CC(=O)O)NC(=O)[C@H](CCSC)NC(=O)CNC(=O)[C@H](CO)NC(=O)[C@H](CCCCN)NC(=O)CNC(=O)[C@@H](N)CO)C(=O)N[C@@H](CC(=O)O)C(=O)N[C@H](C(=O)N[C@@H](CC(C)C)C(=O)NCC(=O)NCC(=O)O)[C@@H](C)O. The minimum absolute atomic E-state index is 0.0277. The maximum absolute atomic E-state index is 14.4. The molecule has 718 valence electrons. The minimum Gasteiger partial charge on any atom is -0.481 e. The number of aliphatic carboxylic acids is 5. The van der Waals surface area contributed by atoms with Crippen molar-refractivity contribution >= 4 is 148 Å². The van der Waals surface area contributed by atoms with Crippen molar-refractivity contribution in [1.29, 1.82) is 0 Å². The van der Waals surface area contributed by atoms with Gasteiger partial charge >= 0.3 is 29.8 Å². The van der Waals surface area contributed by atoms with Crippen molar-refractivity contribution in [2.75, 3.05) is 57.9 Å². The van der Waals surface area contributed by atoms with E-state index in [2.05, 4.69) is 90.4 Å². The van der Waals surface area contributed by atoms with Crippen LogP contribution in [0.2, 0.25) is 0 Å². The standard InChI is InChI=1S/C75H126N20O31S/c1-13-36(8)59(74(125)92-49(26-57(108)109)73(124)95-60(39(11)98)75(126)91-43(20-33(2)3)64(115)80-27-51(99)78-30-58(110)111)94-72(123)45(22-35(6)7)87-70(121)47(24-55(104)105)90-71(122)48(25-56(106)107)89-69(120)44(21-34(4)5)86-62(113)38(10)82-61(112)37(9)83-68(119)46(23-54(102)103)88-67(118)42(17-19-127-12)85-53(101)29-81-65(116)50(32-97)93-66(117)41(16-14-15-18-76)84-52(100)28-79-63(114)40(77)31-96/h33-50,59-60,96-98H,13-32,76-77H2,1-12H3,(H,78,99)(H,79,114)(H,80,115)(H,81,116)(H,82,112)(H,83,119)(H,84,100)(H,85,101)(H,86,113)(H,87,121)(H,88,118)(H,89,120)(H,90,122)(H,91,126)(H,92,125)(H,93,117)(H,94,123)(H,95,124)(H,102,103)(H,104,105)(H,106,107)(H,108,109)(H,110,111)/t36-,37-,38-,39+,40-,41-,42-,43-,44-,45-,46-,47-,48-,49-,50-,59-,60-/m0/s1. The highest BCUT2D eigenvalue weighted by Crippen LogP contribution is 2.16. The molecule has 0 saturated carbocycles. The van der Waals surface area contributed by atoms with Crippen LogP contribution in [0.15, 0.2) is 0 Å². The molecule has 18 amide bonds. The molecule has 0 unspecified atom stereocenters. The molecule has 0 aromatic rings. The molecule has 0 aromatic carbocycles.